The lowest BCUT2D eigenvalue weighted by atomic mass is 9.92. The van der Waals surface area contributed by atoms with Crippen molar-refractivity contribution in [3.05, 3.63) is 94.0 Å². The summed E-state index contributed by atoms with van der Waals surface area (Å²) in [5, 5.41) is 3.28. The van der Waals surface area contributed by atoms with Crippen molar-refractivity contribution in [1.29, 1.82) is 0 Å². The van der Waals surface area contributed by atoms with E-state index in [1.54, 1.807) is 0 Å². The molecule has 0 aliphatic carbocycles. The molecule has 3 heteroatoms. The van der Waals surface area contributed by atoms with Gasteiger partial charge in [0.05, 0.1) is 0 Å². The fraction of sp³-hybridized carbons (Fsp3) is 0.406. The Kier molecular flexibility index (Phi) is 9.14. The maximum atomic E-state index is 13.2. The Bertz CT molecular complexity index is 1080. The topological polar surface area (TPSA) is 32.3 Å². The molecule has 0 spiro atoms. The molecular weight excluding hydrogens is 428 g/mol. The van der Waals surface area contributed by atoms with Gasteiger partial charge >= 0.3 is 0 Å². The summed E-state index contributed by atoms with van der Waals surface area (Å²) in [6.45, 7) is 16.6. The number of hydrogen-bond acceptors (Lipinski definition) is 2. The average Bonchev–Trinajstić information content (AvgIpc) is 2.81. The summed E-state index contributed by atoms with van der Waals surface area (Å²) < 4.78 is 0. The highest BCUT2D eigenvalue weighted by atomic mass is 16.1. The Balaban J connectivity index is 1.81. The number of aryl methyl sites for hydroxylation is 3. The summed E-state index contributed by atoms with van der Waals surface area (Å²) in [7, 11) is 0. The first kappa shape index (κ1) is 26.5. The van der Waals surface area contributed by atoms with E-state index in [-0.39, 0.29) is 5.91 Å². The third-order valence-electron chi connectivity index (χ3n) is 6.62. The smallest absolute Gasteiger partial charge is 0.226 e. The Labute approximate surface area is 212 Å². The number of amides is 1. The summed E-state index contributed by atoms with van der Waals surface area (Å²) in [5.41, 5.74) is 9.64. The van der Waals surface area contributed by atoms with E-state index in [0.29, 0.717) is 24.8 Å². The second-order valence-corrected chi connectivity index (χ2v) is 10.4. The molecule has 0 fully saturated rings. The molecule has 0 aliphatic rings. The molecule has 0 radical (unpaired) electrons. The van der Waals surface area contributed by atoms with Gasteiger partial charge in [-0.2, -0.15) is 0 Å². The molecule has 0 unspecified atom stereocenters. The molecule has 35 heavy (non-hydrogen) atoms. The first-order valence-electron chi connectivity index (χ1n) is 13.0. The molecule has 3 aromatic rings. The lowest BCUT2D eigenvalue weighted by Crippen LogP contribution is -2.28. The van der Waals surface area contributed by atoms with Gasteiger partial charge in [0.15, 0.2) is 0 Å². The van der Waals surface area contributed by atoms with E-state index in [9.17, 15) is 4.79 Å². The normalized spacial score (nSPS) is 11.2. The van der Waals surface area contributed by atoms with E-state index in [2.05, 4.69) is 119 Å². The zero-order chi connectivity index (χ0) is 25.5. The summed E-state index contributed by atoms with van der Waals surface area (Å²) in [6, 6.07) is 21.8. The minimum atomic E-state index is 0.0655. The van der Waals surface area contributed by atoms with Crippen molar-refractivity contribution >= 4 is 17.3 Å². The van der Waals surface area contributed by atoms with E-state index in [4.69, 9.17) is 0 Å². The van der Waals surface area contributed by atoms with Crippen molar-refractivity contribution in [2.24, 2.45) is 0 Å². The van der Waals surface area contributed by atoms with Crippen LogP contribution in [-0.2, 0) is 17.8 Å². The summed E-state index contributed by atoms with van der Waals surface area (Å²) in [6.07, 6.45) is 1.47. The highest BCUT2D eigenvalue weighted by Crippen LogP contribution is 2.32. The van der Waals surface area contributed by atoms with Gasteiger partial charge in [-0.15, -0.1) is 0 Å². The van der Waals surface area contributed by atoms with Gasteiger partial charge in [-0.25, -0.2) is 0 Å². The molecule has 0 atom stereocenters. The minimum absolute atomic E-state index is 0.0655. The van der Waals surface area contributed by atoms with E-state index < -0.39 is 0 Å². The number of nitrogens with one attached hydrogen (secondary N) is 1. The summed E-state index contributed by atoms with van der Waals surface area (Å²) in [5.74, 6) is 0.763. The molecule has 3 nitrogen and oxygen atoms in total. The first-order valence-corrected chi connectivity index (χ1v) is 13.0. The highest BCUT2D eigenvalue weighted by Gasteiger charge is 2.17. The average molecular weight is 471 g/mol. The van der Waals surface area contributed by atoms with E-state index in [1.165, 1.54) is 39.1 Å². The maximum absolute atomic E-state index is 13.2. The Morgan fingerprint density at radius 2 is 1.37 bits per heavy atom. The number of para-hydroxylation sites is 1. The van der Waals surface area contributed by atoms with Crippen LogP contribution in [0.25, 0.3) is 0 Å². The van der Waals surface area contributed by atoms with E-state index >= 15 is 0 Å². The van der Waals surface area contributed by atoms with Crippen molar-refractivity contribution in [2.45, 2.75) is 79.7 Å². The van der Waals surface area contributed by atoms with E-state index in [1.807, 2.05) is 0 Å². The third kappa shape index (κ3) is 7.21. The van der Waals surface area contributed by atoms with Crippen LogP contribution >= 0.6 is 0 Å². The molecule has 1 amide bonds. The van der Waals surface area contributed by atoms with Gasteiger partial charge in [0.25, 0.3) is 0 Å². The quantitative estimate of drug-likeness (QED) is 0.324. The predicted molar refractivity (Wildman–Crippen MR) is 151 cm³/mol. The van der Waals surface area contributed by atoms with Gasteiger partial charge in [-0.3, -0.25) is 4.79 Å². The number of anilines is 2. The molecule has 0 heterocycles. The standard InChI is InChI=1S/C32H42N2O/c1-8-26-12-14-27(15-13-26)21-34(28-19-24(6)18-25(7)20-28)17-16-31(35)33-32-29(22(2)3)10-9-11-30(32)23(4)5/h9-15,18-20,22-23H,8,16-17,21H2,1-7H3,(H,33,35). The molecule has 1 N–H and O–H groups in total. The van der Waals surface area contributed by atoms with Gasteiger partial charge in [0.2, 0.25) is 5.91 Å². The fourth-order valence-corrected chi connectivity index (χ4v) is 4.67. The maximum Gasteiger partial charge on any atom is 0.226 e. The van der Waals surface area contributed by atoms with Crippen LogP contribution in [0.15, 0.2) is 60.7 Å². The zero-order valence-corrected chi connectivity index (χ0v) is 22.6. The van der Waals surface area contributed by atoms with Crippen molar-refractivity contribution in [1.82, 2.24) is 0 Å². The minimum Gasteiger partial charge on any atom is -0.367 e. The number of nitrogens with zero attached hydrogens (tertiary/aromatic N) is 1. The van der Waals surface area contributed by atoms with Crippen molar-refractivity contribution in [3.8, 4) is 0 Å². The lowest BCUT2D eigenvalue weighted by Gasteiger charge is -2.26. The van der Waals surface area contributed by atoms with Crippen LogP contribution in [0.2, 0.25) is 0 Å². The molecule has 0 saturated heterocycles. The summed E-state index contributed by atoms with van der Waals surface area (Å²) in [4.78, 5) is 15.6. The molecule has 186 valence electrons. The second-order valence-electron chi connectivity index (χ2n) is 10.4. The van der Waals surface area contributed by atoms with Gasteiger partial charge in [0, 0.05) is 30.9 Å². The lowest BCUT2D eigenvalue weighted by molar-refractivity contribution is -0.116. The molecule has 0 aliphatic heterocycles. The molecule has 0 aromatic heterocycles. The number of rotatable bonds is 10. The number of carbonyl (C=O) groups is 1. The Hall–Kier alpha value is -3.07. The van der Waals surface area contributed by atoms with Crippen molar-refractivity contribution in [3.63, 3.8) is 0 Å². The molecule has 3 rings (SSSR count). The largest absolute Gasteiger partial charge is 0.367 e. The Morgan fingerprint density at radius 3 is 1.89 bits per heavy atom. The number of carbonyl (C=O) groups excluding carboxylic acids is 1. The SMILES string of the molecule is CCc1ccc(CN(CCC(=O)Nc2c(C(C)C)cccc2C(C)C)c2cc(C)cc(C)c2)cc1. The van der Waals surface area contributed by atoms with Crippen LogP contribution in [0, 0.1) is 13.8 Å². The monoisotopic (exact) mass is 470 g/mol. The van der Waals surface area contributed by atoms with Crippen molar-refractivity contribution in [2.75, 3.05) is 16.8 Å². The van der Waals surface area contributed by atoms with Crippen LogP contribution in [0.3, 0.4) is 0 Å². The zero-order valence-electron chi connectivity index (χ0n) is 22.6. The predicted octanol–water partition coefficient (Wildman–Crippen LogP) is 8.15. The van der Waals surface area contributed by atoms with Gasteiger partial charge in [0.1, 0.15) is 0 Å². The second kappa shape index (κ2) is 12.1. The summed E-state index contributed by atoms with van der Waals surface area (Å²) >= 11 is 0. The molecule has 0 saturated carbocycles. The van der Waals surface area contributed by atoms with Crippen LogP contribution < -0.4 is 10.2 Å². The van der Waals surface area contributed by atoms with Crippen molar-refractivity contribution < 1.29 is 4.79 Å². The van der Waals surface area contributed by atoms with Gasteiger partial charge in [-0.1, -0.05) is 83.1 Å². The van der Waals surface area contributed by atoms with Gasteiger partial charge in [-0.05, 0) is 77.6 Å². The fourth-order valence-electron chi connectivity index (χ4n) is 4.67. The molecule has 3 aromatic carbocycles. The Morgan fingerprint density at radius 1 is 0.829 bits per heavy atom. The third-order valence-corrected chi connectivity index (χ3v) is 6.62. The van der Waals surface area contributed by atoms with Crippen LogP contribution in [0.5, 0.6) is 0 Å². The van der Waals surface area contributed by atoms with E-state index in [0.717, 1.165) is 18.7 Å². The van der Waals surface area contributed by atoms with Crippen LogP contribution in [-0.4, -0.2) is 12.5 Å². The van der Waals surface area contributed by atoms with Crippen LogP contribution in [0.1, 0.15) is 86.3 Å². The molecule has 0 bridgehead atoms. The molecular formula is C32H42N2O. The number of benzene rings is 3. The first-order chi connectivity index (χ1) is 16.7. The van der Waals surface area contributed by atoms with Gasteiger partial charge < -0.3 is 10.2 Å². The number of hydrogen-bond donors (Lipinski definition) is 1. The highest BCUT2D eigenvalue weighted by molar-refractivity contribution is 5.93. The van der Waals surface area contributed by atoms with Crippen LogP contribution in [0.4, 0.5) is 11.4 Å².